The first kappa shape index (κ1) is 12.6. The lowest BCUT2D eigenvalue weighted by molar-refractivity contribution is 0.00208. The number of aromatic amines is 1. The van der Waals surface area contributed by atoms with Gasteiger partial charge in [-0.3, -0.25) is 9.69 Å². The van der Waals surface area contributed by atoms with E-state index in [0.717, 1.165) is 17.6 Å². The molecule has 5 nitrogen and oxygen atoms in total. The highest BCUT2D eigenvalue weighted by Gasteiger charge is 2.40. The van der Waals surface area contributed by atoms with Crippen molar-refractivity contribution >= 4 is 22.5 Å². The first-order valence-corrected chi connectivity index (χ1v) is 7.69. The summed E-state index contributed by atoms with van der Waals surface area (Å²) < 4.78 is 6.14. The lowest BCUT2D eigenvalue weighted by atomic mass is 9.99. The summed E-state index contributed by atoms with van der Waals surface area (Å²) in [6.45, 7) is 0.655. The molecule has 3 N–H and O–H groups in total. The van der Waals surface area contributed by atoms with E-state index in [1.165, 1.54) is 10.9 Å². The van der Waals surface area contributed by atoms with E-state index >= 15 is 0 Å². The van der Waals surface area contributed by atoms with Crippen molar-refractivity contribution in [3.63, 3.8) is 0 Å². The normalized spacial score (nSPS) is 19.0. The lowest BCUT2D eigenvalue weighted by Gasteiger charge is -2.39. The fourth-order valence-electron chi connectivity index (χ4n) is 3.63. The van der Waals surface area contributed by atoms with Crippen LogP contribution in [0.4, 0.5) is 5.69 Å². The van der Waals surface area contributed by atoms with Gasteiger partial charge in [0.2, 0.25) is 6.23 Å². The SMILES string of the molecule is Nc1ccc2c(c1)OC1c3[nH]c4ccccc4c3CCN1C2=O. The van der Waals surface area contributed by atoms with Crippen molar-refractivity contribution < 1.29 is 9.53 Å². The van der Waals surface area contributed by atoms with Gasteiger partial charge in [0.15, 0.2) is 0 Å². The number of nitrogen functional groups attached to an aromatic ring is 1. The van der Waals surface area contributed by atoms with E-state index in [4.69, 9.17) is 10.5 Å². The number of rotatable bonds is 0. The summed E-state index contributed by atoms with van der Waals surface area (Å²) in [7, 11) is 0. The largest absolute Gasteiger partial charge is 0.464 e. The van der Waals surface area contributed by atoms with E-state index in [2.05, 4.69) is 17.1 Å². The van der Waals surface area contributed by atoms with Gasteiger partial charge in [-0.05, 0) is 30.2 Å². The number of H-pyrrole nitrogens is 1. The zero-order valence-electron chi connectivity index (χ0n) is 12.4. The van der Waals surface area contributed by atoms with Gasteiger partial charge in [0.05, 0.1) is 11.3 Å². The molecule has 1 unspecified atom stereocenters. The number of nitrogens with two attached hydrogens (primary N) is 1. The molecule has 1 amide bonds. The zero-order chi connectivity index (χ0) is 15.6. The molecule has 0 fully saturated rings. The summed E-state index contributed by atoms with van der Waals surface area (Å²) in [6, 6.07) is 13.4. The number of fused-ring (bicyclic) bond motifs is 6. The number of ether oxygens (including phenoxy) is 1. The van der Waals surface area contributed by atoms with E-state index < -0.39 is 6.23 Å². The number of amides is 1. The average Bonchev–Trinajstić information content (AvgIpc) is 2.94. The highest BCUT2D eigenvalue weighted by atomic mass is 16.5. The Bertz CT molecular complexity index is 960. The number of hydrogen-bond acceptors (Lipinski definition) is 3. The topological polar surface area (TPSA) is 71.3 Å². The van der Waals surface area contributed by atoms with E-state index in [1.807, 2.05) is 12.1 Å². The van der Waals surface area contributed by atoms with Gasteiger partial charge in [-0.2, -0.15) is 0 Å². The number of benzene rings is 2. The van der Waals surface area contributed by atoms with Crippen molar-refractivity contribution in [3.8, 4) is 5.75 Å². The Hall–Kier alpha value is -2.95. The molecular weight excluding hydrogens is 290 g/mol. The number of hydrogen-bond donors (Lipinski definition) is 2. The van der Waals surface area contributed by atoms with Crippen molar-refractivity contribution in [1.29, 1.82) is 0 Å². The zero-order valence-corrected chi connectivity index (χ0v) is 12.4. The minimum atomic E-state index is -0.409. The second kappa shape index (κ2) is 4.29. The number of carbonyl (C=O) groups excluding carboxylic acids is 1. The first-order valence-electron chi connectivity index (χ1n) is 7.69. The molecule has 3 aromatic rings. The molecule has 0 bridgehead atoms. The van der Waals surface area contributed by atoms with Gasteiger partial charge in [-0.1, -0.05) is 18.2 Å². The van der Waals surface area contributed by atoms with Crippen LogP contribution in [-0.4, -0.2) is 22.3 Å². The summed E-state index contributed by atoms with van der Waals surface area (Å²) in [6.07, 6.45) is 0.419. The molecule has 1 aromatic heterocycles. The van der Waals surface area contributed by atoms with Crippen molar-refractivity contribution in [1.82, 2.24) is 9.88 Å². The van der Waals surface area contributed by atoms with Gasteiger partial charge in [-0.15, -0.1) is 0 Å². The Morgan fingerprint density at radius 2 is 2.09 bits per heavy atom. The van der Waals surface area contributed by atoms with Crippen LogP contribution in [0, 0.1) is 0 Å². The van der Waals surface area contributed by atoms with Crippen molar-refractivity contribution in [2.75, 3.05) is 12.3 Å². The summed E-state index contributed by atoms with van der Waals surface area (Å²) in [4.78, 5) is 18.0. The number of nitrogens with zero attached hydrogens (tertiary/aromatic N) is 1. The van der Waals surface area contributed by atoms with Crippen molar-refractivity contribution in [3.05, 3.63) is 59.3 Å². The predicted octanol–water partition coefficient (Wildman–Crippen LogP) is 2.84. The van der Waals surface area contributed by atoms with Crippen LogP contribution in [0.5, 0.6) is 5.75 Å². The van der Waals surface area contributed by atoms with E-state index in [-0.39, 0.29) is 5.91 Å². The van der Waals surface area contributed by atoms with Gasteiger partial charge in [0.25, 0.3) is 5.91 Å². The third-order valence-electron chi connectivity index (χ3n) is 4.71. The Labute approximate surface area is 132 Å². The van der Waals surface area contributed by atoms with Crippen LogP contribution in [0.15, 0.2) is 42.5 Å². The quantitative estimate of drug-likeness (QED) is 0.627. The molecule has 0 saturated carbocycles. The van der Waals surface area contributed by atoms with Gasteiger partial charge in [0, 0.05) is 29.2 Å². The second-order valence-corrected chi connectivity index (χ2v) is 6.04. The second-order valence-electron chi connectivity index (χ2n) is 6.04. The molecule has 0 aliphatic carbocycles. The smallest absolute Gasteiger partial charge is 0.260 e. The molecule has 5 rings (SSSR count). The Morgan fingerprint density at radius 1 is 1.22 bits per heavy atom. The molecule has 2 aromatic carbocycles. The lowest BCUT2D eigenvalue weighted by Crippen LogP contribution is -2.45. The fourth-order valence-corrected chi connectivity index (χ4v) is 3.63. The molecule has 2 aliphatic heterocycles. The molecule has 23 heavy (non-hydrogen) atoms. The standard InChI is InChI=1S/C18H15N3O2/c19-10-5-6-13-15(9-10)23-18-16-12(7-8-21(18)17(13)22)11-3-1-2-4-14(11)20-16/h1-6,9,18,20H,7-8,19H2. The molecule has 1 atom stereocenters. The first-order chi connectivity index (χ1) is 11.2. The Kier molecular flexibility index (Phi) is 2.34. The van der Waals surface area contributed by atoms with E-state index in [0.29, 0.717) is 23.5 Å². The van der Waals surface area contributed by atoms with Crippen LogP contribution in [0.25, 0.3) is 10.9 Å². The van der Waals surface area contributed by atoms with Crippen LogP contribution in [0.1, 0.15) is 27.8 Å². The van der Waals surface area contributed by atoms with Gasteiger partial charge >= 0.3 is 0 Å². The summed E-state index contributed by atoms with van der Waals surface area (Å²) in [5, 5.41) is 1.21. The number of para-hydroxylation sites is 1. The monoisotopic (exact) mass is 305 g/mol. The maximum atomic E-state index is 12.8. The van der Waals surface area contributed by atoms with Crippen LogP contribution < -0.4 is 10.5 Å². The Balaban J connectivity index is 1.69. The van der Waals surface area contributed by atoms with E-state index in [1.54, 1.807) is 23.1 Å². The number of carbonyl (C=O) groups is 1. The van der Waals surface area contributed by atoms with Gasteiger partial charge < -0.3 is 15.5 Å². The van der Waals surface area contributed by atoms with Gasteiger partial charge in [-0.25, -0.2) is 0 Å². The van der Waals surface area contributed by atoms with Crippen LogP contribution in [0.3, 0.4) is 0 Å². The number of aromatic nitrogens is 1. The minimum Gasteiger partial charge on any atom is -0.464 e. The summed E-state index contributed by atoms with van der Waals surface area (Å²) in [5.41, 5.74) is 10.3. The maximum absolute atomic E-state index is 12.8. The molecule has 3 heterocycles. The molecule has 0 spiro atoms. The maximum Gasteiger partial charge on any atom is 0.260 e. The summed E-state index contributed by atoms with van der Waals surface area (Å²) >= 11 is 0. The molecular formula is C18H15N3O2. The molecule has 114 valence electrons. The van der Waals surface area contributed by atoms with Gasteiger partial charge in [0.1, 0.15) is 5.75 Å². The third-order valence-corrected chi connectivity index (χ3v) is 4.71. The predicted molar refractivity (Wildman–Crippen MR) is 87.3 cm³/mol. The van der Waals surface area contributed by atoms with Crippen LogP contribution in [0.2, 0.25) is 0 Å². The summed E-state index contributed by atoms with van der Waals surface area (Å²) in [5.74, 6) is 0.559. The number of nitrogens with one attached hydrogen (secondary N) is 1. The van der Waals surface area contributed by atoms with Crippen LogP contribution in [-0.2, 0) is 6.42 Å². The van der Waals surface area contributed by atoms with Crippen molar-refractivity contribution in [2.24, 2.45) is 0 Å². The van der Waals surface area contributed by atoms with Crippen molar-refractivity contribution in [2.45, 2.75) is 12.6 Å². The third kappa shape index (κ3) is 1.64. The molecule has 0 saturated heterocycles. The van der Waals surface area contributed by atoms with E-state index in [9.17, 15) is 4.79 Å². The molecule has 0 radical (unpaired) electrons. The highest BCUT2D eigenvalue weighted by Crippen LogP contribution is 2.41. The molecule has 5 heteroatoms. The minimum absolute atomic E-state index is 0.000515. The highest BCUT2D eigenvalue weighted by molar-refractivity contribution is 5.99. The average molecular weight is 305 g/mol. The van der Waals surface area contributed by atoms with Crippen LogP contribution >= 0.6 is 0 Å². The fraction of sp³-hybridized carbons (Fsp3) is 0.167. The molecule has 2 aliphatic rings. The Morgan fingerprint density at radius 3 is 3.00 bits per heavy atom. The number of anilines is 1.